The fourth-order valence-electron chi connectivity index (χ4n) is 2.89. The van der Waals surface area contributed by atoms with E-state index in [0.717, 1.165) is 5.56 Å². The van der Waals surface area contributed by atoms with Crippen molar-refractivity contribution >= 4 is 17.8 Å². The molecule has 0 aromatic heterocycles. The molecule has 2 N–H and O–H groups in total. The Bertz CT molecular complexity index is 573. The highest BCUT2D eigenvalue weighted by Crippen LogP contribution is 2.22. The van der Waals surface area contributed by atoms with Gasteiger partial charge in [0.25, 0.3) is 0 Å². The molecular weight excluding hydrogens is 296 g/mol. The number of nitrogens with one attached hydrogen (secondary N) is 1. The maximum atomic E-state index is 12.5. The third-order valence-corrected chi connectivity index (χ3v) is 4.08. The third kappa shape index (κ3) is 4.81. The highest BCUT2D eigenvalue weighted by molar-refractivity contribution is 5.80. The van der Waals surface area contributed by atoms with E-state index in [1.807, 2.05) is 30.3 Å². The lowest BCUT2D eigenvalue weighted by molar-refractivity contribution is -0.145. The lowest BCUT2D eigenvalue weighted by Gasteiger charge is -2.32. The maximum absolute atomic E-state index is 12.5. The van der Waals surface area contributed by atoms with Crippen LogP contribution >= 0.6 is 0 Å². The minimum absolute atomic E-state index is 0.126. The first-order valence-electron chi connectivity index (χ1n) is 7.80. The number of benzene rings is 1. The van der Waals surface area contributed by atoms with Gasteiger partial charge in [-0.25, -0.2) is 0 Å². The van der Waals surface area contributed by atoms with Gasteiger partial charge in [0.15, 0.2) is 0 Å². The fourth-order valence-corrected chi connectivity index (χ4v) is 2.89. The summed E-state index contributed by atoms with van der Waals surface area (Å²) in [5.41, 5.74) is 0.864. The van der Waals surface area contributed by atoms with Crippen LogP contribution in [0.25, 0.3) is 0 Å². The molecule has 0 aliphatic carbocycles. The molecule has 124 valence electrons. The van der Waals surface area contributed by atoms with E-state index in [2.05, 4.69) is 5.32 Å². The summed E-state index contributed by atoms with van der Waals surface area (Å²) in [5, 5.41) is 11.9. The molecule has 1 aliphatic rings. The second kappa shape index (κ2) is 7.76. The number of carboxylic acid groups (broad SMARTS) is 1. The molecular formula is C17H22N2O4. The van der Waals surface area contributed by atoms with E-state index in [1.165, 1.54) is 6.92 Å². The standard InChI is InChI=1S/C17H22N2O4/c1-12(20)18-15(13-6-3-2-4-7-13)10-16(21)19-9-5-8-14(11-19)17(22)23/h2-4,6-7,14-15H,5,8-11H2,1H3,(H,18,20)(H,22,23)/t14-,15+/m0/s1. The zero-order valence-electron chi connectivity index (χ0n) is 13.2. The molecule has 1 saturated heterocycles. The van der Waals surface area contributed by atoms with E-state index in [0.29, 0.717) is 19.4 Å². The Balaban J connectivity index is 2.05. The molecule has 1 aromatic rings. The van der Waals surface area contributed by atoms with Gasteiger partial charge in [-0.3, -0.25) is 14.4 Å². The minimum Gasteiger partial charge on any atom is -0.481 e. The van der Waals surface area contributed by atoms with Crippen molar-refractivity contribution in [3.63, 3.8) is 0 Å². The van der Waals surface area contributed by atoms with E-state index in [1.54, 1.807) is 4.90 Å². The first kappa shape index (κ1) is 17.0. The first-order valence-corrected chi connectivity index (χ1v) is 7.80. The SMILES string of the molecule is CC(=O)N[C@H](CC(=O)N1CCC[C@H](C(=O)O)C1)c1ccccc1. The van der Waals surface area contributed by atoms with Gasteiger partial charge < -0.3 is 15.3 Å². The number of piperidine rings is 1. The highest BCUT2D eigenvalue weighted by atomic mass is 16.4. The number of carbonyl (C=O) groups excluding carboxylic acids is 2. The van der Waals surface area contributed by atoms with Gasteiger partial charge in [0.05, 0.1) is 18.4 Å². The van der Waals surface area contributed by atoms with Crippen molar-refractivity contribution in [2.75, 3.05) is 13.1 Å². The lowest BCUT2D eigenvalue weighted by atomic mass is 9.97. The zero-order valence-corrected chi connectivity index (χ0v) is 13.2. The molecule has 1 aliphatic heterocycles. The van der Waals surface area contributed by atoms with Crippen LogP contribution in [-0.2, 0) is 14.4 Å². The van der Waals surface area contributed by atoms with Gasteiger partial charge in [0.2, 0.25) is 11.8 Å². The van der Waals surface area contributed by atoms with Crippen LogP contribution in [0.3, 0.4) is 0 Å². The van der Waals surface area contributed by atoms with Crippen molar-refractivity contribution in [1.29, 1.82) is 0 Å². The molecule has 0 unspecified atom stereocenters. The lowest BCUT2D eigenvalue weighted by Crippen LogP contribution is -2.43. The number of carbonyl (C=O) groups is 3. The molecule has 0 saturated carbocycles. The van der Waals surface area contributed by atoms with Crippen molar-refractivity contribution in [2.45, 2.75) is 32.2 Å². The monoisotopic (exact) mass is 318 g/mol. The van der Waals surface area contributed by atoms with Crippen molar-refractivity contribution in [3.05, 3.63) is 35.9 Å². The van der Waals surface area contributed by atoms with E-state index in [4.69, 9.17) is 5.11 Å². The summed E-state index contributed by atoms with van der Waals surface area (Å²) in [6, 6.07) is 8.92. The summed E-state index contributed by atoms with van der Waals surface area (Å²) < 4.78 is 0. The van der Waals surface area contributed by atoms with Crippen molar-refractivity contribution in [3.8, 4) is 0 Å². The van der Waals surface area contributed by atoms with Crippen LogP contribution in [0.15, 0.2) is 30.3 Å². The zero-order chi connectivity index (χ0) is 16.8. The van der Waals surface area contributed by atoms with Crippen molar-refractivity contribution in [1.82, 2.24) is 10.2 Å². The number of hydrogen-bond donors (Lipinski definition) is 2. The van der Waals surface area contributed by atoms with E-state index in [-0.39, 0.29) is 24.8 Å². The van der Waals surface area contributed by atoms with Gasteiger partial charge in [0.1, 0.15) is 0 Å². The van der Waals surface area contributed by atoms with Crippen LogP contribution < -0.4 is 5.32 Å². The normalized spacial score (nSPS) is 19.0. The summed E-state index contributed by atoms with van der Waals surface area (Å²) in [7, 11) is 0. The second-order valence-corrected chi connectivity index (χ2v) is 5.89. The molecule has 6 heteroatoms. The number of nitrogens with zero attached hydrogens (tertiary/aromatic N) is 1. The molecule has 2 rings (SSSR count). The van der Waals surface area contributed by atoms with Crippen LogP contribution in [0.2, 0.25) is 0 Å². The third-order valence-electron chi connectivity index (χ3n) is 4.08. The maximum Gasteiger partial charge on any atom is 0.308 e. The van der Waals surface area contributed by atoms with E-state index < -0.39 is 17.9 Å². The topological polar surface area (TPSA) is 86.7 Å². The summed E-state index contributed by atoms with van der Waals surface area (Å²) in [4.78, 5) is 36.6. The van der Waals surface area contributed by atoms with Gasteiger partial charge >= 0.3 is 5.97 Å². The number of aliphatic carboxylic acids is 1. The quantitative estimate of drug-likeness (QED) is 0.863. The molecule has 6 nitrogen and oxygen atoms in total. The largest absolute Gasteiger partial charge is 0.481 e. The average molecular weight is 318 g/mol. The van der Waals surface area contributed by atoms with Crippen LogP contribution in [0, 0.1) is 5.92 Å². The van der Waals surface area contributed by atoms with Crippen molar-refractivity contribution < 1.29 is 19.5 Å². The number of hydrogen-bond acceptors (Lipinski definition) is 3. The fraction of sp³-hybridized carbons (Fsp3) is 0.471. The second-order valence-electron chi connectivity index (χ2n) is 5.89. The Morgan fingerprint density at radius 3 is 2.61 bits per heavy atom. The van der Waals surface area contributed by atoms with Crippen LogP contribution in [0.1, 0.15) is 37.8 Å². The predicted molar refractivity (Wildman–Crippen MR) is 84.6 cm³/mol. The summed E-state index contributed by atoms with van der Waals surface area (Å²) in [5.74, 6) is -1.68. The molecule has 1 aromatic carbocycles. The predicted octanol–water partition coefficient (Wildman–Crippen LogP) is 1.58. The molecule has 0 radical (unpaired) electrons. The first-order chi connectivity index (χ1) is 11.0. The summed E-state index contributed by atoms with van der Waals surface area (Å²) in [6.45, 7) is 2.24. The van der Waals surface area contributed by atoms with Crippen LogP contribution in [-0.4, -0.2) is 40.9 Å². The summed E-state index contributed by atoms with van der Waals surface area (Å²) >= 11 is 0. The number of likely N-dealkylation sites (tertiary alicyclic amines) is 1. The molecule has 2 amide bonds. The molecule has 1 heterocycles. The minimum atomic E-state index is -0.857. The Kier molecular flexibility index (Phi) is 5.73. The molecule has 23 heavy (non-hydrogen) atoms. The van der Waals surface area contributed by atoms with Gasteiger partial charge in [-0.05, 0) is 18.4 Å². The van der Waals surface area contributed by atoms with E-state index in [9.17, 15) is 14.4 Å². The van der Waals surface area contributed by atoms with Crippen molar-refractivity contribution in [2.24, 2.45) is 5.92 Å². The molecule has 0 bridgehead atoms. The van der Waals surface area contributed by atoms with Gasteiger partial charge in [-0.15, -0.1) is 0 Å². The molecule has 0 spiro atoms. The Hall–Kier alpha value is -2.37. The van der Waals surface area contributed by atoms with Crippen LogP contribution in [0.4, 0.5) is 0 Å². The van der Waals surface area contributed by atoms with E-state index >= 15 is 0 Å². The summed E-state index contributed by atoms with van der Waals surface area (Å²) in [6.07, 6.45) is 1.43. The smallest absolute Gasteiger partial charge is 0.308 e. The molecule has 1 fully saturated rings. The number of amides is 2. The average Bonchev–Trinajstić information content (AvgIpc) is 2.54. The van der Waals surface area contributed by atoms with Crippen LogP contribution in [0.5, 0.6) is 0 Å². The van der Waals surface area contributed by atoms with Gasteiger partial charge in [-0.2, -0.15) is 0 Å². The molecule has 2 atom stereocenters. The van der Waals surface area contributed by atoms with Gasteiger partial charge in [0, 0.05) is 20.0 Å². The number of carboxylic acids is 1. The Labute approximate surface area is 135 Å². The highest BCUT2D eigenvalue weighted by Gasteiger charge is 2.29. The Morgan fingerprint density at radius 2 is 2.00 bits per heavy atom. The Morgan fingerprint density at radius 1 is 1.30 bits per heavy atom. The number of rotatable bonds is 5. The van der Waals surface area contributed by atoms with Gasteiger partial charge in [-0.1, -0.05) is 30.3 Å².